The highest BCUT2D eigenvalue weighted by atomic mass is 32.1. The van der Waals surface area contributed by atoms with Crippen molar-refractivity contribution >= 4 is 17.3 Å². The fourth-order valence-electron chi connectivity index (χ4n) is 1.89. The highest BCUT2D eigenvalue weighted by Gasteiger charge is 2.31. The molecule has 1 N–H and O–H groups in total. The lowest BCUT2D eigenvalue weighted by atomic mass is 10.2. The number of rotatable bonds is 4. The molecule has 0 saturated heterocycles. The molecule has 1 saturated carbocycles. The molecule has 0 atom stereocenters. The van der Waals surface area contributed by atoms with Crippen LogP contribution in [0.25, 0.3) is 0 Å². The summed E-state index contributed by atoms with van der Waals surface area (Å²) in [5.41, 5.74) is 0.706. The van der Waals surface area contributed by atoms with Crippen molar-refractivity contribution in [3.8, 4) is 0 Å². The third-order valence-electron chi connectivity index (χ3n) is 2.96. The summed E-state index contributed by atoms with van der Waals surface area (Å²) < 4.78 is 13.7. The Morgan fingerprint density at radius 2 is 2.11 bits per heavy atom. The monoisotopic (exact) mass is 266 g/mol. The van der Waals surface area contributed by atoms with E-state index in [-0.39, 0.29) is 5.82 Å². The standard InChI is InChI=1S/C14H19FN2S/c1-10(2)16-14(18)17(12-7-8-12)9-11-5-3-4-6-13(11)15/h3-6,10,12H,7-9H2,1-2H3,(H,16,18). The van der Waals surface area contributed by atoms with Crippen LogP contribution in [0.2, 0.25) is 0 Å². The average molecular weight is 266 g/mol. The second-order valence-electron chi connectivity index (χ2n) is 5.05. The summed E-state index contributed by atoms with van der Waals surface area (Å²) in [6, 6.07) is 7.68. The molecular weight excluding hydrogens is 247 g/mol. The maximum absolute atomic E-state index is 13.7. The van der Waals surface area contributed by atoms with Gasteiger partial charge in [-0.05, 0) is 45.0 Å². The highest BCUT2D eigenvalue weighted by molar-refractivity contribution is 7.80. The second-order valence-corrected chi connectivity index (χ2v) is 5.44. The molecule has 1 fully saturated rings. The Balaban J connectivity index is 2.07. The molecule has 0 radical (unpaired) electrons. The minimum atomic E-state index is -0.157. The molecule has 0 unspecified atom stereocenters. The molecule has 2 nitrogen and oxygen atoms in total. The van der Waals surface area contributed by atoms with Crippen LogP contribution in [-0.4, -0.2) is 22.1 Å². The van der Waals surface area contributed by atoms with Crippen molar-refractivity contribution in [3.63, 3.8) is 0 Å². The van der Waals surface area contributed by atoms with Gasteiger partial charge in [0.1, 0.15) is 5.82 Å². The van der Waals surface area contributed by atoms with Gasteiger partial charge in [0.25, 0.3) is 0 Å². The van der Waals surface area contributed by atoms with Crippen LogP contribution in [0.5, 0.6) is 0 Å². The Morgan fingerprint density at radius 3 is 2.67 bits per heavy atom. The molecule has 2 rings (SSSR count). The van der Waals surface area contributed by atoms with Gasteiger partial charge in [0, 0.05) is 24.2 Å². The van der Waals surface area contributed by atoms with Crippen LogP contribution in [0.4, 0.5) is 4.39 Å². The van der Waals surface area contributed by atoms with Crippen molar-refractivity contribution in [2.75, 3.05) is 0 Å². The summed E-state index contributed by atoms with van der Waals surface area (Å²) in [5, 5.41) is 3.97. The Bertz CT molecular complexity index is 430. The van der Waals surface area contributed by atoms with Gasteiger partial charge in [-0.15, -0.1) is 0 Å². The van der Waals surface area contributed by atoms with E-state index in [1.807, 2.05) is 12.1 Å². The maximum Gasteiger partial charge on any atom is 0.169 e. The smallest absolute Gasteiger partial charge is 0.169 e. The predicted octanol–water partition coefficient (Wildman–Crippen LogP) is 3.07. The first-order chi connectivity index (χ1) is 8.58. The van der Waals surface area contributed by atoms with E-state index in [0.29, 0.717) is 24.2 Å². The molecule has 0 aliphatic heterocycles. The average Bonchev–Trinajstić information content (AvgIpc) is 3.11. The van der Waals surface area contributed by atoms with Crippen molar-refractivity contribution in [3.05, 3.63) is 35.6 Å². The molecule has 0 aromatic heterocycles. The number of benzene rings is 1. The highest BCUT2D eigenvalue weighted by Crippen LogP contribution is 2.29. The van der Waals surface area contributed by atoms with Crippen molar-refractivity contribution in [2.45, 2.75) is 45.3 Å². The first kappa shape index (κ1) is 13.3. The second kappa shape index (κ2) is 5.65. The lowest BCUT2D eigenvalue weighted by Gasteiger charge is -2.27. The van der Waals surface area contributed by atoms with E-state index >= 15 is 0 Å². The van der Waals surface area contributed by atoms with Gasteiger partial charge in [0.05, 0.1) is 0 Å². The number of hydrogen-bond donors (Lipinski definition) is 1. The zero-order valence-corrected chi connectivity index (χ0v) is 11.6. The minimum absolute atomic E-state index is 0.157. The van der Waals surface area contributed by atoms with Crippen molar-refractivity contribution in [1.82, 2.24) is 10.2 Å². The summed E-state index contributed by atoms with van der Waals surface area (Å²) in [6.07, 6.45) is 2.29. The Morgan fingerprint density at radius 1 is 1.44 bits per heavy atom. The van der Waals surface area contributed by atoms with E-state index in [9.17, 15) is 4.39 Å². The quantitative estimate of drug-likeness (QED) is 0.843. The van der Waals surface area contributed by atoms with Crippen LogP contribution < -0.4 is 5.32 Å². The van der Waals surface area contributed by atoms with Crippen molar-refractivity contribution in [1.29, 1.82) is 0 Å². The van der Waals surface area contributed by atoms with Gasteiger partial charge < -0.3 is 10.2 Å². The zero-order valence-electron chi connectivity index (χ0n) is 10.8. The summed E-state index contributed by atoms with van der Waals surface area (Å²) in [4.78, 5) is 2.10. The fourth-order valence-corrected chi connectivity index (χ4v) is 2.34. The lowest BCUT2D eigenvalue weighted by molar-refractivity contribution is 0.383. The van der Waals surface area contributed by atoms with Crippen LogP contribution in [0.3, 0.4) is 0 Å². The van der Waals surface area contributed by atoms with Crippen LogP contribution in [0, 0.1) is 5.82 Å². The van der Waals surface area contributed by atoms with Crippen molar-refractivity contribution in [2.24, 2.45) is 0 Å². The molecule has 1 aliphatic rings. The van der Waals surface area contributed by atoms with E-state index in [4.69, 9.17) is 12.2 Å². The van der Waals surface area contributed by atoms with Crippen LogP contribution in [-0.2, 0) is 6.54 Å². The maximum atomic E-state index is 13.7. The molecule has 0 spiro atoms. The summed E-state index contributed by atoms with van der Waals surface area (Å²) in [5.74, 6) is -0.157. The van der Waals surface area contributed by atoms with E-state index in [0.717, 1.165) is 18.0 Å². The van der Waals surface area contributed by atoms with Gasteiger partial charge in [-0.1, -0.05) is 18.2 Å². The third-order valence-corrected chi connectivity index (χ3v) is 3.31. The SMILES string of the molecule is CC(C)NC(=S)N(Cc1ccccc1F)C1CC1. The number of hydrogen-bond acceptors (Lipinski definition) is 1. The van der Waals surface area contributed by atoms with E-state index < -0.39 is 0 Å². The molecule has 0 heterocycles. The lowest BCUT2D eigenvalue weighted by Crippen LogP contribution is -2.43. The molecule has 4 heteroatoms. The molecule has 18 heavy (non-hydrogen) atoms. The number of nitrogens with one attached hydrogen (secondary N) is 1. The number of halogens is 1. The minimum Gasteiger partial charge on any atom is -0.360 e. The summed E-state index contributed by atoms with van der Waals surface area (Å²) in [6.45, 7) is 4.66. The molecule has 98 valence electrons. The van der Waals surface area contributed by atoms with E-state index in [2.05, 4.69) is 24.1 Å². The first-order valence-electron chi connectivity index (χ1n) is 6.38. The molecule has 1 aromatic rings. The molecular formula is C14H19FN2S. The topological polar surface area (TPSA) is 15.3 Å². The van der Waals surface area contributed by atoms with Gasteiger partial charge in [0.2, 0.25) is 0 Å². The molecule has 0 bridgehead atoms. The van der Waals surface area contributed by atoms with Gasteiger partial charge in [-0.25, -0.2) is 4.39 Å². The number of nitrogens with zero attached hydrogens (tertiary/aromatic N) is 1. The Kier molecular flexibility index (Phi) is 4.17. The van der Waals surface area contributed by atoms with Crippen LogP contribution in [0.15, 0.2) is 24.3 Å². The van der Waals surface area contributed by atoms with E-state index in [1.165, 1.54) is 6.07 Å². The van der Waals surface area contributed by atoms with Gasteiger partial charge in [-0.2, -0.15) is 0 Å². The van der Waals surface area contributed by atoms with Crippen molar-refractivity contribution < 1.29 is 4.39 Å². The van der Waals surface area contributed by atoms with Gasteiger partial charge in [0.15, 0.2) is 5.11 Å². The normalized spacial score (nSPS) is 14.7. The first-order valence-corrected chi connectivity index (χ1v) is 6.79. The van der Waals surface area contributed by atoms with E-state index in [1.54, 1.807) is 6.07 Å². The summed E-state index contributed by atoms with van der Waals surface area (Å²) >= 11 is 5.40. The molecule has 1 aromatic carbocycles. The third kappa shape index (κ3) is 3.42. The fraction of sp³-hybridized carbons (Fsp3) is 0.500. The zero-order chi connectivity index (χ0) is 13.1. The molecule has 0 amide bonds. The predicted molar refractivity (Wildman–Crippen MR) is 75.8 cm³/mol. The number of thiocarbonyl (C=S) groups is 1. The Labute approximate surface area is 113 Å². The van der Waals surface area contributed by atoms with Crippen LogP contribution >= 0.6 is 12.2 Å². The van der Waals surface area contributed by atoms with Crippen LogP contribution in [0.1, 0.15) is 32.3 Å². The summed E-state index contributed by atoms with van der Waals surface area (Å²) in [7, 11) is 0. The van der Waals surface area contributed by atoms with Gasteiger partial charge >= 0.3 is 0 Å². The Hall–Kier alpha value is -1.16. The molecule has 1 aliphatic carbocycles. The largest absolute Gasteiger partial charge is 0.360 e. The van der Waals surface area contributed by atoms with Gasteiger partial charge in [-0.3, -0.25) is 0 Å².